The van der Waals surface area contributed by atoms with Crippen LogP contribution in [-0.4, -0.2) is 39.6 Å². The van der Waals surface area contributed by atoms with E-state index in [0.717, 1.165) is 28.3 Å². The van der Waals surface area contributed by atoms with Crippen molar-refractivity contribution in [2.45, 2.75) is 39.1 Å². The summed E-state index contributed by atoms with van der Waals surface area (Å²) in [5.74, 6) is 1.88. The minimum Gasteiger partial charge on any atom is -0.341 e. The lowest BCUT2D eigenvalue weighted by molar-refractivity contribution is -0.130. The summed E-state index contributed by atoms with van der Waals surface area (Å²) in [5, 5.41) is 2.05. The maximum Gasteiger partial charge on any atom is 0.233 e. The first kappa shape index (κ1) is 16.7. The van der Waals surface area contributed by atoms with Crippen LogP contribution < -0.4 is 0 Å². The highest BCUT2D eigenvalue weighted by molar-refractivity contribution is 8.00. The fourth-order valence-electron chi connectivity index (χ4n) is 3.35. The third kappa shape index (κ3) is 3.53. The summed E-state index contributed by atoms with van der Waals surface area (Å²) < 4.78 is 0. The number of fused-ring (bicyclic) bond motifs is 1. The lowest BCUT2D eigenvalue weighted by Crippen LogP contribution is -2.43. The molecule has 0 N–H and O–H groups in total. The van der Waals surface area contributed by atoms with Gasteiger partial charge in [-0.15, -0.1) is 11.3 Å². The Morgan fingerprint density at radius 3 is 2.70 bits per heavy atom. The number of nitrogens with zero attached hydrogens (tertiary/aromatic N) is 3. The van der Waals surface area contributed by atoms with E-state index in [1.807, 2.05) is 4.90 Å². The molecule has 0 bridgehead atoms. The first-order valence-corrected chi connectivity index (χ1v) is 9.87. The highest BCUT2D eigenvalue weighted by atomic mass is 32.2. The van der Waals surface area contributed by atoms with E-state index in [1.54, 1.807) is 29.4 Å². The quantitative estimate of drug-likeness (QED) is 0.623. The Morgan fingerprint density at radius 2 is 2.00 bits per heavy atom. The van der Waals surface area contributed by atoms with Crippen molar-refractivity contribution >= 4 is 39.2 Å². The van der Waals surface area contributed by atoms with Crippen molar-refractivity contribution in [2.24, 2.45) is 11.8 Å². The minimum absolute atomic E-state index is 0.227. The highest BCUT2D eigenvalue weighted by Crippen LogP contribution is 2.34. The maximum absolute atomic E-state index is 12.6. The molecular weight excluding hydrogens is 326 g/mol. The van der Waals surface area contributed by atoms with Crippen LogP contribution in [0.2, 0.25) is 0 Å². The molecule has 6 heteroatoms. The van der Waals surface area contributed by atoms with E-state index in [9.17, 15) is 4.79 Å². The van der Waals surface area contributed by atoms with Gasteiger partial charge >= 0.3 is 0 Å². The van der Waals surface area contributed by atoms with Gasteiger partial charge in [0, 0.05) is 23.4 Å². The maximum atomic E-state index is 12.6. The molecule has 1 fully saturated rings. The number of likely N-dealkylation sites (tertiary alicyclic amines) is 1. The number of carbonyl (C=O) groups excluding carboxylic acids is 1. The van der Waals surface area contributed by atoms with E-state index in [0.29, 0.717) is 17.6 Å². The number of amides is 1. The molecule has 2 aromatic heterocycles. The Hall–Kier alpha value is -1.14. The monoisotopic (exact) mass is 349 g/mol. The number of carbonyl (C=O) groups is 1. The summed E-state index contributed by atoms with van der Waals surface area (Å²) in [5.41, 5.74) is 1.24. The van der Waals surface area contributed by atoms with Gasteiger partial charge in [-0.3, -0.25) is 4.79 Å². The van der Waals surface area contributed by atoms with Crippen molar-refractivity contribution < 1.29 is 4.79 Å². The van der Waals surface area contributed by atoms with Gasteiger partial charge in [-0.2, -0.15) is 0 Å². The van der Waals surface area contributed by atoms with Gasteiger partial charge in [0.15, 0.2) is 0 Å². The van der Waals surface area contributed by atoms with Crippen LogP contribution in [0.4, 0.5) is 0 Å². The van der Waals surface area contributed by atoms with Gasteiger partial charge in [-0.1, -0.05) is 25.6 Å². The lowest BCUT2D eigenvalue weighted by atomic mass is 9.92. The predicted octanol–water partition coefficient (Wildman–Crippen LogP) is 3.90. The SMILES string of the molecule is Cc1sc2ncnc(SCC(=O)N3CC(C)CC(C)C3)c2c1C. The molecule has 1 aliphatic rings. The fourth-order valence-corrected chi connectivity index (χ4v) is 5.37. The lowest BCUT2D eigenvalue weighted by Gasteiger charge is -2.35. The van der Waals surface area contributed by atoms with Gasteiger partial charge in [0.05, 0.1) is 5.75 Å². The molecule has 4 nitrogen and oxygen atoms in total. The number of thioether (sulfide) groups is 1. The second-order valence-corrected chi connectivity index (χ2v) is 8.84. The molecule has 2 aromatic rings. The van der Waals surface area contributed by atoms with Gasteiger partial charge in [0.25, 0.3) is 0 Å². The van der Waals surface area contributed by atoms with E-state index < -0.39 is 0 Å². The van der Waals surface area contributed by atoms with Gasteiger partial charge in [0.2, 0.25) is 5.91 Å². The van der Waals surface area contributed by atoms with Crippen LogP contribution in [0.15, 0.2) is 11.4 Å². The second kappa shape index (κ2) is 6.77. The molecule has 1 aliphatic heterocycles. The van der Waals surface area contributed by atoms with E-state index in [-0.39, 0.29) is 5.91 Å². The van der Waals surface area contributed by atoms with Crippen LogP contribution in [0.1, 0.15) is 30.7 Å². The molecule has 124 valence electrons. The Labute approximate surface area is 145 Å². The van der Waals surface area contributed by atoms with E-state index in [2.05, 4.69) is 37.7 Å². The normalized spacial score (nSPS) is 21.8. The number of piperidine rings is 1. The van der Waals surface area contributed by atoms with Crippen LogP contribution in [0, 0.1) is 25.7 Å². The molecule has 3 rings (SSSR count). The van der Waals surface area contributed by atoms with Crippen LogP contribution in [-0.2, 0) is 4.79 Å². The van der Waals surface area contributed by atoms with E-state index in [4.69, 9.17) is 0 Å². The molecule has 1 amide bonds. The summed E-state index contributed by atoms with van der Waals surface area (Å²) in [6.07, 6.45) is 2.83. The molecule has 3 heterocycles. The van der Waals surface area contributed by atoms with Crippen LogP contribution in [0.3, 0.4) is 0 Å². The molecule has 1 saturated heterocycles. The topological polar surface area (TPSA) is 46.1 Å². The van der Waals surface area contributed by atoms with Crippen LogP contribution in [0.25, 0.3) is 10.2 Å². The molecular formula is C17H23N3OS2. The van der Waals surface area contributed by atoms with Crippen molar-refractivity contribution in [3.05, 3.63) is 16.8 Å². The Morgan fingerprint density at radius 1 is 1.30 bits per heavy atom. The summed E-state index contributed by atoms with van der Waals surface area (Å²) in [7, 11) is 0. The number of hydrogen-bond donors (Lipinski definition) is 0. The summed E-state index contributed by atoms with van der Waals surface area (Å²) in [6, 6.07) is 0. The standard InChI is InChI=1S/C17H23N3OS2/c1-10-5-11(2)7-20(6-10)14(21)8-22-16-15-12(3)13(4)23-17(15)19-9-18-16/h9-11H,5-8H2,1-4H3. The summed E-state index contributed by atoms with van der Waals surface area (Å²) >= 11 is 3.24. The average Bonchev–Trinajstić information content (AvgIpc) is 2.79. The third-order valence-corrected chi connectivity index (χ3v) is 6.57. The van der Waals surface area contributed by atoms with Gasteiger partial charge in [0.1, 0.15) is 16.2 Å². The molecule has 2 unspecified atom stereocenters. The number of rotatable bonds is 3. The van der Waals surface area contributed by atoms with Gasteiger partial charge in [-0.25, -0.2) is 9.97 Å². The first-order valence-electron chi connectivity index (χ1n) is 8.07. The molecule has 0 radical (unpaired) electrons. The van der Waals surface area contributed by atoms with E-state index >= 15 is 0 Å². The first-order chi connectivity index (χ1) is 11.0. The van der Waals surface area contributed by atoms with E-state index in [1.165, 1.54) is 16.9 Å². The highest BCUT2D eigenvalue weighted by Gasteiger charge is 2.25. The molecule has 0 aliphatic carbocycles. The summed E-state index contributed by atoms with van der Waals surface area (Å²) in [6.45, 7) is 10.5. The van der Waals surface area contributed by atoms with Crippen molar-refractivity contribution in [1.82, 2.24) is 14.9 Å². The van der Waals surface area contributed by atoms with Crippen LogP contribution >= 0.6 is 23.1 Å². The predicted molar refractivity (Wildman–Crippen MR) is 97.1 cm³/mol. The Kier molecular flexibility index (Phi) is 4.92. The summed E-state index contributed by atoms with van der Waals surface area (Å²) in [4.78, 5) is 25.6. The Bertz CT molecular complexity index is 718. The van der Waals surface area contributed by atoms with Gasteiger partial charge < -0.3 is 4.90 Å². The minimum atomic E-state index is 0.227. The second-order valence-electron chi connectivity index (χ2n) is 6.68. The zero-order valence-corrected chi connectivity index (χ0v) is 15.8. The zero-order valence-electron chi connectivity index (χ0n) is 14.1. The molecule has 0 aromatic carbocycles. The largest absolute Gasteiger partial charge is 0.341 e. The number of thiophene rings is 1. The number of hydrogen-bond acceptors (Lipinski definition) is 5. The zero-order chi connectivity index (χ0) is 16.6. The fraction of sp³-hybridized carbons (Fsp3) is 0.588. The molecule has 23 heavy (non-hydrogen) atoms. The van der Waals surface area contributed by atoms with Crippen LogP contribution in [0.5, 0.6) is 0 Å². The average molecular weight is 350 g/mol. The van der Waals surface area contributed by atoms with Gasteiger partial charge in [-0.05, 0) is 37.7 Å². The number of aryl methyl sites for hydroxylation is 2. The molecule has 2 atom stereocenters. The van der Waals surface area contributed by atoms with Crippen molar-refractivity contribution in [3.63, 3.8) is 0 Å². The van der Waals surface area contributed by atoms with Crippen molar-refractivity contribution in [2.75, 3.05) is 18.8 Å². The smallest absolute Gasteiger partial charge is 0.233 e. The molecule has 0 saturated carbocycles. The third-order valence-electron chi connectivity index (χ3n) is 4.48. The Balaban J connectivity index is 1.72. The van der Waals surface area contributed by atoms with Crippen molar-refractivity contribution in [1.29, 1.82) is 0 Å². The van der Waals surface area contributed by atoms with Crippen molar-refractivity contribution in [3.8, 4) is 0 Å². The molecule has 0 spiro atoms. The number of aromatic nitrogens is 2.